The normalized spacial score (nSPS) is 14.8. The van der Waals surface area contributed by atoms with Crippen LogP contribution in [0.1, 0.15) is 59.4 Å². The van der Waals surface area contributed by atoms with Crippen LogP contribution in [0, 0.1) is 13.8 Å². The fourth-order valence-corrected chi connectivity index (χ4v) is 3.47. The van der Waals surface area contributed by atoms with Crippen molar-refractivity contribution < 1.29 is 4.79 Å². The second kappa shape index (κ2) is 8.79. The molecule has 1 aromatic carbocycles. The van der Waals surface area contributed by atoms with E-state index in [1.165, 1.54) is 30.4 Å². The SMILES string of the molecule is Cc1cccc(CCNC(=O)c2cnc(C)nc2NC2CCCCC2)c1. The molecule has 1 aliphatic carbocycles. The summed E-state index contributed by atoms with van der Waals surface area (Å²) in [7, 11) is 0. The maximum Gasteiger partial charge on any atom is 0.256 e. The van der Waals surface area contributed by atoms with Crippen molar-refractivity contribution in [2.24, 2.45) is 0 Å². The molecule has 1 amide bonds. The third-order valence-corrected chi connectivity index (χ3v) is 4.88. The Hall–Kier alpha value is -2.43. The fraction of sp³-hybridized carbons (Fsp3) is 0.476. The summed E-state index contributed by atoms with van der Waals surface area (Å²) in [6.45, 7) is 4.53. The molecular formula is C21H28N4O. The van der Waals surface area contributed by atoms with E-state index in [9.17, 15) is 4.79 Å². The standard InChI is InChI=1S/C21H28N4O/c1-15-7-6-8-17(13-15)11-12-22-21(26)19-14-23-16(2)24-20(19)25-18-9-4-3-5-10-18/h6-8,13-14,18H,3-5,9-12H2,1-2H3,(H,22,26)(H,23,24,25). The summed E-state index contributed by atoms with van der Waals surface area (Å²) in [6.07, 6.45) is 8.49. The van der Waals surface area contributed by atoms with Crippen molar-refractivity contribution in [3.63, 3.8) is 0 Å². The van der Waals surface area contributed by atoms with E-state index in [1.54, 1.807) is 6.20 Å². The summed E-state index contributed by atoms with van der Waals surface area (Å²) in [5.41, 5.74) is 3.00. The molecule has 2 aromatic rings. The summed E-state index contributed by atoms with van der Waals surface area (Å²) in [5.74, 6) is 1.23. The summed E-state index contributed by atoms with van der Waals surface area (Å²) >= 11 is 0. The minimum Gasteiger partial charge on any atom is -0.367 e. The predicted octanol–water partition coefficient (Wildman–Crippen LogP) is 3.81. The van der Waals surface area contributed by atoms with Gasteiger partial charge < -0.3 is 10.6 Å². The van der Waals surface area contributed by atoms with Crippen LogP contribution in [0.2, 0.25) is 0 Å². The Balaban J connectivity index is 1.62. The van der Waals surface area contributed by atoms with Gasteiger partial charge in [-0.05, 0) is 38.7 Å². The largest absolute Gasteiger partial charge is 0.367 e. The highest BCUT2D eigenvalue weighted by atomic mass is 16.1. The van der Waals surface area contributed by atoms with Crippen LogP contribution in [0.4, 0.5) is 5.82 Å². The Morgan fingerprint density at radius 1 is 1.19 bits per heavy atom. The molecule has 138 valence electrons. The van der Waals surface area contributed by atoms with Gasteiger partial charge in [0, 0.05) is 18.8 Å². The summed E-state index contributed by atoms with van der Waals surface area (Å²) < 4.78 is 0. The number of nitrogens with zero attached hydrogens (tertiary/aromatic N) is 2. The van der Waals surface area contributed by atoms with Gasteiger partial charge in [-0.15, -0.1) is 0 Å². The second-order valence-electron chi connectivity index (χ2n) is 7.15. The Labute approximate surface area is 155 Å². The number of carbonyl (C=O) groups excluding carboxylic acids is 1. The van der Waals surface area contributed by atoms with E-state index in [1.807, 2.05) is 13.0 Å². The third-order valence-electron chi connectivity index (χ3n) is 4.88. The quantitative estimate of drug-likeness (QED) is 0.829. The van der Waals surface area contributed by atoms with Crippen molar-refractivity contribution >= 4 is 11.7 Å². The van der Waals surface area contributed by atoms with Gasteiger partial charge >= 0.3 is 0 Å². The number of benzene rings is 1. The lowest BCUT2D eigenvalue weighted by Gasteiger charge is -2.24. The maximum atomic E-state index is 12.6. The number of hydrogen-bond acceptors (Lipinski definition) is 4. The molecule has 0 atom stereocenters. The van der Waals surface area contributed by atoms with Crippen LogP contribution in [0.3, 0.4) is 0 Å². The third kappa shape index (κ3) is 5.04. The highest BCUT2D eigenvalue weighted by molar-refractivity contribution is 5.98. The van der Waals surface area contributed by atoms with Crippen molar-refractivity contribution in [3.8, 4) is 0 Å². The molecule has 0 unspecified atom stereocenters. The molecule has 5 heteroatoms. The molecule has 1 fully saturated rings. The van der Waals surface area contributed by atoms with Gasteiger partial charge in [-0.3, -0.25) is 4.79 Å². The van der Waals surface area contributed by atoms with Crippen LogP contribution < -0.4 is 10.6 Å². The molecule has 0 saturated heterocycles. The van der Waals surface area contributed by atoms with E-state index in [-0.39, 0.29) is 5.91 Å². The lowest BCUT2D eigenvalue weighted by atomic mass is 9.95. The Kier molecular flexibility index (Phi) is 6.21. The summed E-state index contributed by atoms with van der Waals surface area (Å²) in [6, 6.07) is 8.76. The van der Waals surface area contributed by atoms with Gasteiger partial charge in [0.2, 0.25) is 0 Å². The monoisotopic (exact) mass is 352 g/mol. The molecule has 1 aliphatic rings. The first kappa shape index (κ1) is 18.4. The highest BCUT2D eigenvalue weighted by Crippen LogP contribution is 2.22. The molecule has 0 bridgehead atoms. The van der Waals surface area contributed by atoms with Gasteiger partial charge in [0.15, 0.2) is 0 Å². The zero-order valence-electron chi connectivity index (χ0n) is 15.7. The Morgan fingerprint density at radius 3 is 2.77 bits per heavy atom. The molecule has 2 N–H and O–H groups in total. The topological polar surface area (TPSA) is 66.9 Å². The van der Waals surface area contributed by atoms with Gasteiger partial charge in [0.1, 0.15) is 17.2 Å². The minimum absolute atomic E-state index is 0.115. The fourth-order valence-electron chi connectivity index (χ4n) is 3.47. The average molecular weight is 352 g/mol. The van der Waals surface area contributed by atoms with Gasteiger partial charge in [0.05, 0.1) is 0 Å². The number of hydrogen-bond donors (Lipinski definition) is 2. The number of rotatable bonds is 6. The molecular weight excluding hydrogens is 324 g/mol. The molecule has 5 nitrogen and oxygen atoms in total. The van der Waals surface area contributed by atoms with Crippen molar-refractivity contribution in [1.29, 1.82) is 0 Å². The second-order valence-corrected chi connectivity index (χ2v) is 7.15. The molecule has 1 saturated carbocycles. The van der Waals surface area contributed by atoms with Crippen LogP contribution in [0.5, 0.6) is 0 Å². The van der Waals surface area contributed by atoms with Crippen LogP contribution in [-0.2, 0) is 6.42 Å². The zero-order chi connectivity index (χ0) is 18.4. The van der Waals surface area contributed by atoms with Gasteiger partial charge in [0.25, 0.3) is 5.91 Å². The first-order valence-electron chi connectivity index (χ1n) is 9.56. The number of amides is 1. The van der Waals surface area contributed by atoms with Gasteiger partial charge in [-0.25, -0.2) is 9.97 Å². The first-order valence-corrected chi connectivity index (χ1v) is 9.56. The van der Waals surface area contributed by atoms with Crippen LogP contribution in [-0.4, -0.2) is 28.5 Å². The summed E-state index contributed by atoms with van der Waals surface area (Å²) in [4.78, 5) is 21.3. The molecule has 1 heterocycles. The number of anilines is 1. The molecule has 3 rings (SSSR count). The maximum absolute atomic E-state index is 12.6. The Bertz CT molecular complexity index is 753. The highest BCUT2D eigenvalue weighted by Gasteiger charge is 2.19. The average Bonchev–Trinajstić information content (AvgIpc) is 2.63. The van der Waals surface area contributed by atoms with Crippen LogP contribution >= 0.6 is 0 Å². The summed E-state index contributed by atoms with van der Waals surface area (Å²) in [5, 5.41) is 6.48. The molecule has 1 aromatic heterocycles. The first-order chi connectivity index (χ1) is 12.6. The van der Waals surface area contributed by atoms with Crippen molar-refractivity contribution in [1.82, 2.24) is 15.3 Å². The van der Waals surface area contributed by atoms with E-state index in [4.69, 9.17) is 0 Å². The van der Waals surface area contributed by atoms with E-state index >= 15 is 0 Å². The number of aryl methyl sites for hydroxylation is 2. The Morgan fingerprint density at radius 2 is 2.00 bits per heavy atom. The molecule has 26 heavy (non-hydrogen) atoms. The van der Waals surface area contributed by atoms with Gasteiger partial charge in [-0.2, -0.15) is 0 Å². The smallest absolute Gasteiger partial charge is 0.256 e. The van der Waals surface area contributed by atoms with Gasteiger partial charge in [-0.1, -0.05) is 49.1 Å². The minimum atomic E-state index is -0.115. The van der Waals surface area contributed by atoms with Crippen molar-refractivity contribution in [2.75, 3.05) is 11.9 Å². The molecule has 0 aliphatic heterocycles. The number of nitrogens with one attached hydrogen (secondary N) is 2. The van der Waals surface area contributed by atoms with E-state index in [0.29, 0.717) is 29.8 Å². The lowest BCUT2D eigenvalue weighted by molar-refractivity contribution is 0.0954. The van der Waals surface area contributed by atoms with Crippen LogP contribution in [0.25, 0.3) is 0 Å². The molecule has 0 radical (unpaired) electrons. The number of carbonyl (C=O) groups is 1. The van der Waals surface area contributed by atoms with E-state index < -0.39 is 0 Å². The molecule has 0 spiro atoms. The predicted molar refractivity (Wildman–Crippen MR) is 104 cm³/mol. The zero-order valence-corrected chi connectivity index (χ0v) is 15.7. The lowest BCUT2D eigenvalue weighted by Crippen LogP contribution is -2.29. The van der Waals surface area contributed by atoms with E-state index in [0.717, 1.165) is 19.3 Å². The van der Waals surface area contributed by atoms with E-state index in [2.05, 4.69) is 45.7 Å². The van der Waals surface area contributed by atoms with Crippen LogP contribution in [0.15, 0.2) is 30.5 Å². The number of aromatic nitrogens is 2. The van der Waals surface area contributed by atoms with Crippen molar-refractivity contribution in [3.05, 3.63) is 53.0 Å². The van der Waals surface area contributed by atoms with Crippen molar-refractivity contribution in [2.45, 2.75) is 58.4 Å².